The number of phenols is 1. The molecule has 2 aromatic carbocycles. The minimum atomic E-state index is -4.00. The number of aromatic nitrogens is 1. The molecule has 0 fully saturated rings. The van der Waals surface area contributed by atoms with E-state index in [9.17, 15) is 13.5 Å². The van der Waals surface area contributed by atoms with E-state index in [1.165, 1.54) is 30.3 Å². The molecule has 0 atom stereocenters. The van der Waals surface area contributed by atoms with Crippen molar-refractivity contribution in [2.45, 2.75) is 11.3 Å². The zero-order valence-electron chi connectivity index (χ0n) is 22.8. The van der Waals surface area contributed by atoms with E-state index in [0.29, 0.717) is 5.52 Å². The Morgan fingerprint density at radius 1 is 1.16 bits per heavy atom. The average molecular weight is 373 g/mol. The second-order valence-corrected chi connectivity index (χ2v) is 6.18. The molecular formula is C18H22N2O4S. The molecule has 0 bridgehead atoms. The highest BCUT2D eigenvalue weighted by Crippen LogP contribution is 2.27. The number of fused-ring (bicyclic) bond motifs is 1. The SMILES string of the molecule is O=S(=O)(O)c1ccccc1.[2H]C([2H])([2H])N(C([2H])([2H])[2H])C([2H])([2H])C([2H])([2H])c1c[nH]c2cccc(O)c12. The topological polar surface area (TPSA) is 93.6 Å². The first-order chi connectivity index (χ1) is 15.7. The first kappa shape index (κ1) is 9.38. The van der Waals surface area contributed by atoms with Crippen molar-refractivity contribution < 1.29 is 31.8 Å². The van der Waals surface area contributed by atoms with Crippen molar-refractivity contribution in [1.29, 1.82) is 0 Å². The minimum Gasteiger partial charge on any atom is -0.507 e. The Morgan fingerprint density at radius 3 is 2.48 bits per heavy atom. The van der Waals surface area contributed by atoms with E-state index >= 15 is 0 Å². The van der Waals surface area contributed by atoms with E-state index < -0.39 is 41.8 Å². The molecule has 0 unspecified atom stereocenters. The standard InChI is InChI=1S/C12H16N2O.C6H6O3S/c1-14(2)7-6-9-8-13-10-4-3-5-11(15)12(9)10;7-10(8,9)6-4-2-1-3-5-6/h3-5,8,13,15H,6-7H2,1-2H3;1-5H,(H,7,8,9)/i1D3,2D3,6D2,7D2;. The average Bonchev–Trinajstić information content (AvgIpc) is 3.12. The maximum atomic E-state index is 10.4. The molecular weight excluding hydrogens is 340 g/mol. The molecule has 134 valence electrons. The number of hydrogen-bond donors (Lipinski definition) is 3. The number of hydrogen-bond acceptors (Lipinski definition) is 4. The zero-order chi connectivity index (χ0) is 27.0. The van der Waals surface area contributed by atoms with Crippen LogP contribution in [-0.2, 0) is 16.5 Å². The fraction of sp³-hybridized carbons (Fsp3) is 0.222. The van der Waals surface area contributed by atoms with E-state index in [1.54, 1.807) is 18.2 Å². The molecule has 0 saturated heterocycles. The molecule has 7 heteroatoms. The third-order valence-electron chi connectivity index (χ3n) is 3.03. The molecule has 0 aliphatic rings. The number of aryl methyl sites for hydroxylation is 1. The molecule has 0 spiro atoms. The van der Waals surface area contributed by atoms with Gasteiger partial charge in [-0.05, 0) is 50.2 Å². The molecule has 0 aliphatic heterocycles. The smallest absolute Gasteiger partial charge is 0.294 e. The minimum absolute atomic E-state index is 0.0487. The van der Waals surface area contributed by atoms with Gasteiger partial charge in [0.1, 0.15) is 5.75 Å². The lowest BCUT2D eigenvalue weighted by atomic mass is 10.1. The van der Waals surface area contributed by atoms with Gasteiger partial charge in [0, 0.05) is 37.3 Å². The van der Waals surface area contributed by atoms with Gasteiger partial charge in [-0.2, -0.15) is 8.42 Å². The number of benzene rings is 2. The van der Waals surface area contributed by atoms with Crippen LogP contribution in [0, 0.1) is 0 Å². The van der Waals surface area contributed by atoms with Crippen LogP contribution in [0.1, 0.15) is 19.3 Å². The molecule has 3 rings (SSSR count). The Morgan fingerprint density at radius 2 is 1.88 bits per heavy atom. The van der Waals surface area contributed by atoms with E-state index in [0.717, 1.165) is 6.20 Å². The summed E-state index contributed by atoms with van der Waals surface area (Å²) in [5, 5.41) is 9.93. The van der Waals surface area contributed by atoms with Crippen molar-refractivity contribution in [3.8, 4) is 5.75 Å². The van der Waals surface area contributed by atoms with Gasteiger partial charge in [0.2, 0.25) is 0 Å². The summed E-state index contributed by atoms with van der Waals surface area (Å²) >= 11 is 0. The Kier molecular flexibility index (Phi) is 3.06. The summed E-state index contributed by atoms with van der Waals surface area (Å²) in [6, 6.07) is 11.7. The summed E-state index contributed by atoms with van der Waals surface area (Å²) in [5.74, 6) is -0.345. The predicted molar refractivity (Wildman–Crippen MR) is 98.5 cm³/mol. The van der Waals surface area contributed by atoms with Crippen molar-refractivity contribution in [2.75, 3.05) is 20.4 Å². The number of phenolic OH excluding ortho intramolecular Hbond substituents is 1. The summed E-state index contributed by atoms with van der Waals surface area (Å²) in [4.78, 5) is 2.14. The molecule has 0 radical (unpaired) electrons. The lowest BCUT2D eigenvalue weighted by Crippen LogP contribution is -2.14. The van der Waals surface area contributed by atoms with E-state index in [4.69, 9.17) is 18.3 Å². The number of nitrogens with one attached hydrogen (secondary N) is 1. The third-order valence-corrected chi connectivity index (χ3v) is 3.90. The van der Waals surface area contributed by atoms with Crippen molar-refractivity contribution in [3.63, 3.8) is 0 Å². The molecule has 0 amide bonds. The molecule has 0 saturated carbocycles. The van der Waals surface area contributed by atoms with Gasteiger partial charge in [-0.15, -0.1) is 0 Å². The number of aromatic hydroxyl groups is 1. The maximum absolute atomic E-state index is 10.4. The fourth-order valence-electron chi connectivity index (χ4n) is 1.97. The monoisotopic (exact) mass is 372 g/mol. The van der Waals surface area contributed by atoms with Crippen LogP contribution in [0.5, 0.6) is 5.75 Å². The van der Waals surface area contributed by atoms with E-state index in [1.807, 2.05) is 0 Å². The first-order valence-corrected chi connectivity index (χ1v) is 8.29. The lowest BCUT2D eigenvalue weighted by molar-refractivity contribution is 0.414. The highest BCUT2D eigenvalue weighted by molar-refractivity contribution is 7.85. The quantitative estimate of drug-likeness (QED) is 0.612. The fourth-order valence-corrected chi connectivity index (χ4v) is 2.47. The summed E-state index contributed by atoms with van der Waals surface area (Å²) in [5.41, 5.74) is -0.0897. The lowest BCUT2D eigenvalue weighted by Gasteiger charge is -2.08. The number of likely N-dealkylation sites (N-methyl/N-ethyl adjacent to an activating group) is 1. The van der Waals surface area contributed by atoms with Gasteiger partial charge in [0.15, 0.2) is 0 Å². The van der Waals surface area contributed by atoms with Gasteiger partial charge in [-0.3, -0.25) is 4.55 Å². The van der Waals surface area contributed by atoms with Gasteiger partial charge in [0.25, 0.3) is 10.1 Å². The zero-order valence-corrected chi connectivity index (χ0v) is 13.6. The second-order valence-electron chi connectivity index (χ2n) is 4.76. The van der Waals surface area contributed by atoms with Crippen LogP contribution in [0.4, 0.5) is 0 Å². The van der Waals surface area contributed by atoms with Gasteiger partial charge < -0.3 is 15.0 Å². The molecule has 6 nitrogen and oxygen atoms in total. The molecule has 1 aromatic heterocycles. The van der Waals surface area contributed by atoms with Gasteiger partial charge in [0.05, 0.1) is 4.90 Å². The largest absolute Gasteiger partial charge is 0.507 e. The maximum Gasteiger partial charge on any atom is 0.294 e. The van der Waals surface area contributed by atoms with Crippen molar-refractivity contribution >= 4 is 21.0 Å². The van der Waals surface area contributed by atoms with Crippen molar-refractivity contribution in [2.24, 2.45) is 0 Å². The van der Waals surface area contributed by atoms with Crippen LogP contribution in [0.2, 0.25) is 0 Å². The van der Waals surface area contributed by atoms with Crippen LogP contribution >= 0.6 is 0 Å². The van der Waals surface area contributed by atoms with E-state index in [2.05, 4.69) is 4.98 Å². The molecule has 0 aliphatic carbocycles. The third kappa shape index (κ3) is 5.32. The van der Waals surface area contributed by atoms with Crippen LogP contribution < -0.4 is 0 Å². The number of H-pyrrole nitrogens is 1. The normalized spacial score (nSPS) is 19.4. The summed E-state index contributed by atoms with van der Waals surface area (Å²) in [7, 11) is -4.00. The molecule has 25 heavy (non-hydrogen) atoms. The Balaban J connectivity index is 0.000000360. The first-order valence-electron chi connectivity index (χ1n) is 11.8. The number of nitrogens with zero attached hydrogens (tertiary/aromatic N) is 1. The second kappa shape index (κ2) is 8.15. The Hall–Kier alpha value is -2.35. The van der Waals surface area contributed by atoms with Crippen molar-refractivity contribution in [3.05, 3.63) is 60.3 Å². The summed E-state index contributed by atoms with van der Waals surface area (Å²) in [6.45, 7) is -10.3. The number of rotatable bonds is 4. The summed E-state index contributed by atoms with van der Waals surface area (Å²) < 4.78 is 106. The van der Waals surface area contributed by atoms with Crippen LogP contribution in [0.15, 0.2) is 59.6 Å². The van der Waals surface area contributed by atoms with Gasteiger partial charge in [-0.1, -0.05) is 24.3 Å². The van der Waals surface area contributed by atoms with Crippen LogP contribution in [0.25, 0.3) is 10.9 Å². The van der Waals surface area contributed by atoms with Crippen LogP contribution in [0.3, 0.4) is 0 Å². The predicted octanol–water partition coefficient (Wildman–Crippen LogP) is 2.91. The van der Waals surface area contributed by atoms with Crippen molar-refractivity contribution in [1.82, 2.24) is 9.88 Å². The highest BCUT2D eigenvalue weighted by atomic mass is 32.2. The van der Waals surface area contributed by atoms with Gasteiger partial charge in [-0.25, -0.2) is 0 Å². The van der Waals surface area contributed by atoms with Crippen LogP contribution in [-0.4, -0.2) is 48.4 Å². The number of aromatic amines is 1. The Bertz CT molecular complexity index is 1260. The highest BCUT2D eigenvalue weighted by Gasteiger charge is 2.07. The van der Waals surface area contributed by atoms with Gasteiger partial charge >= 0.3 is 0 Å². The molecule has 1 heterocycles. The molecule has 3 N–H and O–H groups in total. The van der Waals surface area contributed by atoms with E-state index in [-0.39, 0.29) is 21.6 Å². The Labute approximate surface area is 161 Å². The summed E-state index contributed by atoms with van der Waals surface area (Å²) in [6.07, 6.45) is -1.99. The molecule has 3 aromatic rings.